The van der Waals surface area contributed by atoms with Crippen LogP contribution in [0.4, 0.5) is 0 Å². The van der Waals surface area contributed by atoms with E-state index < -0.39 is 0 Å². The van der Waals surface area contributed by atoms with E-state index in [4.69, 9.17) is 5.26 Å². The molecule has 0 fully saturated rings. The van der Waals surface area contributed by atoms with Gasteiger partial charge in [-0.05, 0) is 31.5 Å². The van der Waals surface area contributed by atoms with E-state index in [9.17, 15) is 4.79 Å². The molecule has 1 heterocycles. The summed E-state index contributed by atoms with van der Waals surface area (Å²) in [6.07, 6.45) is 1.39. The van der Waals surface area contributed by atoms with Gasteiger partial charge in [0, 0.05) is 6.20 Å². The zero-order chi connectivity index (χ0) is 14.5. The van der Waals surface area contributed by atoms with Gasteiger partial charge in [0.2, 0.25) is 0 Å². The molecule has 0 bridgehead atoms. The number of carbonyl (C=O) groups is 1. The lowest BCUT2D eigenvalue weighted by atomic mass is 10.1. The standard InChI is InChI=1S/C16H15N3O/c1-11-3-6-14(7-4-11)12(2)19-16(20)15-8-5-13(9-17)10-18-15/h3-8,10,12H,1-2H3,(H,19,20). The Hall–Kier alpha value is -2.67. The number of nitrogens with one attached hydrogen (secondary N) is 1. The lowest BCUT2D eigenvalue weighted by Crippen LogP contribution is -2.27. The zero-order valence-electron chi connectivity index (χ0n) is 11.4. The summed E-state index contributed by atoms with van der Waals surface area (Å²) in [4.78, 5) is 16.0. The molecule has 4 nitrogen and oxygen atoms in total. The minimum atomic E-state index is -0.248. The van der Waals surface area contributed by atoms with E-state index in [1.807, 2.05) is 44.2 Å². The maximum atomic E-state index is 12.0. The van der Waals surface area contributed by atoms with Crippen molar-refractivity contribution in [2.75, 3.05) is 0 Å². The van der Waals surface area contributed by atoms with Gasteiger partial charge >= 0.3 is 0 Å². The van der Waals surface area contributed by atoms with Gasteiger partial charge < -0.3 is 5.32 Å². The number of rotatable bonds is 3. The first kappa shape index (κ1) is 13.8. The number of nitriles is 1. The molecule has 1 atom stereocenters. The summed E-state index contributed by atoms with van der Waals surface area (Å²) in [5.41, 5.74) is 2.97. The average molecular weight is 265 g/mol. The van der Waals surface area contributed by atoms with Crippen molar-refractivity contribution in [3.05, 3.63) is 65.0 Å². The Kier molecular flexibility index (Phi) is 4.11. The molecule has 0 saturated heterocycles. The number of benzene rings is 1. The summed E-state index contributed by atoms with van der Waals surface area (Å²) in [6, 6.07) is 13.0. The highest BCUT2D eigenvalue weighted by molar-refractivity contribution is 5.92. The Morgan fingerprint density at radius 1 is 1.25 bits per heavy atom. The normalized spacial score (nSPS) is 11.4. The predicted molar refractivity (Wildman–Crippen MR) is 76.0 cm³/mol. The molecule has 0 aliphatic carbocycles. The second-order valence-corrected chi connectivity index (χ2v) is 4.65. The summed E-state index contributed by atoms with van der Waals surface area (Å²) in [5, 5.41) is 11.6. The predicted octanol–water partition coefficient (Wildman–Crippen LogP) is 2.75. The van der Waals surface area contributed by atoms with Crippen LogP contribution in [0.3, 0.4) is 0 Å². The number of hydrogen-bond acceptors (Lipinski definition) is 3. The van der Waals surface area contributed by atoms with Gasteiger partial charge in [-0.1, -0.05) is 29.8 Å². The summed E-state index contributed by atoms with van der Waals surface area (Å²) in [5.74, 6) is -0.248. The molecule has 1 amide bonds. The van der Waals surface area contributed by atoms with Crippen molar-refractivity contribution in [2.24, 2.45) is 0 Å². The van der Waals surface area contributed by atoms with E-state index in [-0.39, 0.29) is 11.9 Å². The Labute approximate surface area is 118 Å². The molecule has 1 aromatic carbocycles. The van der Waals surface area contributed by atoms with Crippen LogP contribution in [0.5, 0.6) is 0 Å². The average Bonchev–Trinajstić information content (AvgIpc) is 2.48. The fourth-order valence-electron chi connectivity index (χ4n) is 1.80. The molecular formula is C16H15N3O. The number of amides is 1. The Balaban J connectivity index is 2.06. The molecule has 2 aromatic rings. The molecule has 0 saturated carbocycles. The van der Waals surface area contributed by atoms with Gasteiger partial charge in [-0.3, -0.25) is 4.79 Å². The van der Waals surface area contributed by atoms with Crippen LogP contribution in [0.15, 0.2) is 42.6 Å². The first-order valence-corrected chi connectivity index (χ1v) is 6.33. The van der Waals surface area contributed by atoms with Crippen molar-refractivity contribution in [3.8, 4) is 6.07 Å². The summed E-state index contributed by atoms with van der Waals surface area (Å²) in [7, 11) is 0. The molecule has 20 heavy (non-hydrogen) atoms. The van der Waals surface area contributed by atoms with E-state index in [2.05, 4.69) is 10.3 Å². The Morgan fingerprint density at radius 3 is 2.50 bits per heavy atom. The van der Waals surface area contributed by atoms with Gasteiger partial charge in [0.1, 0.15) is 11.8 Å². The summed E-state index contributed by atoms with van der Waals surface area (Å²) < 4.78 is 0. The first-order valence-electron chi connectivity index (χ1n) is 6.33. The minimum absolute atomic E-state index is 0.0967. The van der Waals surface area contributed by atoms with Gasteiger partial charge in [0.15, 0.2) is 0 Å². The number of hydrogen-bond donors (Lipinski definition) is 1. The van der Waals surface area contributed by atoms with Gasteiger partial charge in [-0.25, -0.2) is 4.98 Å². The minimum Gasteiger partial charge on any atom is -0.344 e. The maximum Gasteiger partial charge on any atom is 0.270 e. The molecule has 0 spiro atoms. The van der Waals surface area contributed by atoms with E-state index in [0.717, 1.165) is 5.56 Å². The Morgan fingerprint density at radius 2 is 1.95 bits per heavy atom. The van der Waals surface area contributed by atoms with Gasteiger partial charge in [0.25, 0.3) is 5.91 Å². The highest BCUT2D eigenvalue weighted by atomic mass is 16.1. The number of nitrogens with zero attached hydrogens (tertiary/aromatic N) is 2. The van der Waals surface area contributed by atoms with Crippen LogP contribution in [0.1, 0.15) is 40.1 Å². The second-order valence-electron chi connectivity index (χ2n) is 4.65. The smallest absolute Gasteiger partial charge is 0.270 e. The molecule has 1 unspecified atom stereocenters. The molecule has 0 aliphatic heterocycles. The van der Waals surface area contributed by atoms with E-state index >= 15 is 0 Å². The molecule has 100 valence electrons. The second kappa shape index (κ2) is 5.98. The lowest BCUT2D eigenvalue weighted by Gasteiger charge is -2.14. The van der Waals surface area contributed by atoms with E-state index in [1.165, 1.54) is 11.8 Å². The van der Waals surface area contributed by atoms with Gasteiger partial charge in [0.05, 0.1) is 11.6 Å². The van der Waals surface area contributed by atoms with Crippen LogP contribution in [0.2, 0.25) is 0 Å². The quantitative estimate of drug-likeness (QED) is 0.928. The number of aryl methyl sites for hydroxylation is 1. The van der Waals surface area contributed by atoms with Crippen molar-refractivity contribution in [1.82, 2.24) is 10.3 Å². The first-order chi connectivity index (χ1) is 9.60. The summed E-state index contributed by atoms with van der Waals surface area (Å²) in [6.45, 7) is 3.94. The summed E-state index contributed by atoms with van der Waals surface area (Å²) >= 11 is 0. The van der Waals surface area contributed by atoms with Crippen LogP contribution in [0, 0.1) is 18.3 Å². The van der Waals surface area contributed by atoms with E-state index in [1.54, 1.807) is 12.1 Å². The van der Waals surface area contributed by atoms with Crippen molar-refractivity contribution in [3.63, 3.8) is 0 Å². The monoisotopic (exact) mass is 265 g/mol. The van der Waals surface area contributed by atoms with Gasteiger partial charge in [-0.2, -0.15) is 5.26 Å². The largest absolute Gasteiger partial charge is 0.344 e. The van der Waals surface area contributed by atoms with Crippen molar-refractivity contribution >= 4 is 5.91 Å². The topological polar surface area (TPSA) is 65.8 Å². The van der Waals surface area contributed by atoms with Crippen LogP contribution in [-0.2, 0) is 0 Å². The van der Waals surface area contributed by atoms with Crippen molar-refractivity contribution in [2.45, 2.75) is 19.9 Å². The third kappa shape index (κ3) is 3.21. The fourth-order valence-corrected chi connectivity index (χ4v) is 1.80. The molecule has 1 aromatic heterocycles. The third-order valence-corrected chi connectivity index (χ3v) is 3.05. The highest BCUT2D eigenvalue weighted by Crippen LogP contribution is 2.13. The molecule has 0 aliphatic rings. The van der Waals surface area contributed by atoms with Crippen LogP contribution in [-0.4, -0.2) is 10.9 Å². The number of aromatic nitrogens is 1. The molecule has 2 rings (SSSR count). The maximum absolute atomic E-state index is 12.0. The zero-order valence-corrected chi connectivity index (χ0v) is 11.4. The van der Waals surface area contributed by atoms with Crippen LogP contribution in [0.25, 0.3) is 0 Å². The molecule has 0 radical (unpaired) electrons. The molecule has 4 heteroatoms. The van der Waals surface area contributed by atoms with E-state index in [0.29, 0.717) is 11.3 Å². The van der Waals surface area contributed by atoms with Crippen molar-refractivity contribution in [1.29, 1.82) is 5.26 Å². The third-order valence-electron chi connectivity index (χ3n) is 3.05. The van der Waals surface area contributed by atoms with Crippen LogP contribution < -0.4 is 5.32 Å². The van der Waals surface area contributed by atoms with Crippen molar-refractivity contribution < 1.29 is 4.79 Å². The Bertz CT molecular complexity index is 639. The lowest BCUT2D eigenvalue weighted by molar-refractivity contribution is 0.0935. The SMILES string of the molecule is Cc1ccc(C(C)NC(=O)c2ccc(C#N)cn2)cc1. The van der Waals surface area contributed by atoms with Crippen LogP contribution >= 0.6 is 0 Å². The van der Waals surface area contributed by atoms with Gasteiger partial charge in [-0.15, -0.1) is 0 Å². The number of carbonyl (C=O) groups excluding carboxylic acids is 1. The molecule has 1 N–H and O–H groups in total. The molecular weight excluding hydrogens is 250 g/mol. The highest BCUT2D eigenvalue weighted by Gasteiger charge is 2.12. The number of pyridine rings is 1. The fraction of sp³-hybridized carbons (Fsp3) is 0.188.